The van der Waals surface area contributed by atoms with Gasteiger partial charge in [-0.2, -0.15) is 0 Å². The molecule has 1 atom stereocenters. The Kier molecular flexibility index (Phi) is 19.9. The summed E-state index contributed by atoms with van der Waals surface area (Å²) < 4.78 is 5.32. The Morgan fingerprint density at radius 1 is 0.893 bits per heavy atom. The Hall–Kier alpha value is -0.350. The molecule has 0 aromatic heterocycles. The summed E-state index contributed by atoms with van der Waals surface area (Å²) in [5.41, 5.74) is 0.421. The first-order chi connectivity index (χ1) is 12.8. The number of halogens is 1. The normalized spacial score (nSPS) is 12.3. The van der Waals surface area contributed by atoms with E-state index in [1.165, 1.54) is 83.5 Å². The van der Waals surface area contributed by atoms with Crippen LogP contribution in [0, 0.1) is 0 Å². The highest BCUT2D eigenvalue weighted by Crippen LogP contribution is 2.17. The first kappa shape index (κ1) is 29.8. The quantitative estimate of drug-likeness (QED) is 0.0974. The average molecular weight is 463 g/mol. The molecular formula is C24H48BrNO2. The molecule has 4 heteroatoms. The molecule has 28 heavy (non-hydrogen) atoms. The molecular weight excluding hydrogens is 414 g/mol. The summed E-state index contributed by atoms with van der Waals surface area (Å²) in [6, 6.07) is 0. The van der Waals surface area contributed by atoms with Gasteiger partial charge in [-0.25, -0.2) is 4.79 Å². The van der Waals surface area contributed by atoms with E-state index in [2.05, 4.69) is 32.7 Å². The molecule has 0 bridgehead atoms. The van der Waals surface area contributed by atoms with Crippen LogP contribution in [0.15, 0.2) is 12.2 Å². The van der Waals surface area contributed by atoms with Gasteiger partial charge in [0.2, 0.25) is 0 Å². The van der Waals surface area contributed by atoms with Crippen molar-refractivity contribution in [2.75, 3.05) is 0 Å². The second-order valence-corrected chi connectivity index (χ2v) is 8.85. The molecule has 0 saturated carbocycles. The van der Waals surface area contributed by atoms with Crippen molar-refractivity contribution < 1.29 is 9.53 Å². The summed E-state index contributed by atoms with van der Waals surface area (Å²) in [6.07, 6.45) is 18.7. The molecule has 0 aromatic carbocycles. The highest BCUT2D eigenvalue weighted by molar-refractivity contribution is 8.93. The van der Waals surface area contributed by atoms with E-state index in [-0.39, 0.29) is 34.7 Å². The zero-order valence-electron chi connectivity index (χ0n) is 19.4. The van der Waals surface area contributed by atoms with Crippen molar-refractivity contribution in [3.63, 3.8) is 0 Å². The van der Waals surface area contributed by atoms with Crippen molar-refractivity contribution in [3.8, 4) is 0 Å². The number of rotatable bonds is 18. The minimum absolute atomic E-state index is 0. The van der Waals surface area contributed by atoms with E-state index >= 15 is 0 Å². The number of carbonyl (C=O) groups excluding carboxylic acids is 1. The number of ether oxygens (including phenoxy) is 1. The van der Waals surface area contributed by atoms with Gasteiger partial charge in [0.15, 0.2) is 6.23 Å². The lowest BCUT2D eigenvalue weighted by atomic mass is 9.95. The van der Waals surface area contributed by atoms with Crippen LogP contribution in [0.3, 0.4) is 0 Å². The topological polar surface area (TPSA) is 38.3 Å². The van der Waals surface area contributed by atoms with Crippen LogP contribution in [0.25, 0.3) is 0 Å². The number of esters is 1. The molecule has 0 spiro atoms. The van der Waals surface area contributed by atoms with Crippen LogP contribution in [0.4, 0.5) is 0 Å². The third kappa shape index (κ3) is 19.0. The van der Waals surface area contributed by atoms with Gasteiger partial charge in [-0.15, -0.1) is 17.0 Å². The van der Waals surface area contributed by atoms with E-state index in [0.717, 1.165) is 6.42 Å². The Labute approximate surface area is 186 Å². The molecule has 1 unspecified atom stereocenters. The van der Waals surface area contributed by atoms with Gasteiger partial charge in [-0.3, -0.25) is 5.32 Å². The summed E-state index contributed by atoms with van der Waals surface area (Å²) in [6.45, 7) is 13.8. The van der Waals surface area contributed by atoms with Crippen molar-refractivity contribution >= 4 is 23.0 Å². The van der Waals surface area contributed by atoms with Gasteiger partial charge in [-0.05, 0) is 34.1 Å². The molecule has 0 amide bonds. The second kappa shape index (κ2) is 18.7. The molecule has 0 rings (SSSR count). The molecule has 0 aliphatic rings. The summed E-state index contributed by atoms with van der Waals surface area (Å²) in [5.74, 6) is -0.327. The SMILES string of the molecule is Br.C=C(C)C(=O)OC(C)NC(C)(C)CCCCCCCCCCCCCCC. The number of hydrogen-bond donors (Lipinski definition) is 1. The van der Waals surface area contributed by atoms with E-state index in [4.69, 9.17) is 4.74 Å². The van der Waals surface area contributed by atoms with E-state index in [0.29, 0.717) is 5.57 Å². The summed E-state index contributed by atoms with van der Waals surface area (Å²) in [7, 11) is 0. The Balaban J connectivity index is 0. The van der Waals surface area contributed by atoms with Crippen LogP contribution in [-0.2, 0) is 9.53 Å². The smallest absolute Gasteiger partial charge is 0.334 e. The van der Waals surface area contributed by atoms with Gasteiger partial charge in [0.1, 0.15) is 0 Å². The third-order valence-electron chi connectivity index (χ3n) is 5.13. The largest absolute Gasteiger partial charge is 0.444 e. The lowest BCUT2D eigenvalue weighted by Crippen LogP contribution is -2.46. The molecule has 168 valence electrons. The molecule has 0 aliphatic heterocycles. The van der Waals surface area contributed by atoms with Gasteiger partial charge in [-0.1, -0.05) is 97.0 Å². The number of hydrogen-bond acceptors (Lipinski definition) is 3. The molecule has 1 N–H and O–H groups in total. The lowest BCUT2D eigenvalue weighted by Gasteiger charge is -2.30. The van der Waals surface area contributed by atoms with Crippen LogP contribution in [0.2, 0.25) is 0 Å². The van der Waals surface area contributed by atoms with Crippen molar-refractivity contribution in [1.29, 1.82) is 0 Å². The fraction of sp³-hybridized carbons (Fsp3) is 0.875. The van der Waals surface area contributed by atoms with E-state index in [1.54, 1.807) is 6.92 Å². The van der Waals surface area contributed by atoms with E-state index in [9.17, 15) is 4.79 Å². The average Bonchev–Trinajstić information content (AvgIpc) is 2.58. The van der Waals surface area contributed by atoms with Crippen molar-refractivity contribution in [1.82, 2.24) is 5.32 Å². The third-order valence-corrected chi connectivity index (χ3v) is 5.13. The summed E-state index contributed by atoms with van der Waals surface area (Å²) in [5, 5.41) is 3.40. The summed E-state index contributed by atoms with van der Waals surface area (Å²) >= 11 is 0. The highest BCUT2D eigenvalue weighted by atomic mass is 79.9. The summed E-state index contributed by atoms with van der Waals surface area (Å²) in [4.78, 5) is 11.6. The monoisotopic (exact) mass is 461 g/mol. The Morgan fingerprint density at radius 2 is 1.29 bits per heavy atom. The first-order valence-corrected chi connectivity index (χ1v) is 11.4. The van der Waals surface area contributed by atoms with Crippen molar-refractivity contribution in [2.45, 2.75) is 136 Å². The number of carbonyl (C=O) groups is 1. The standard InChI is InChI=1S/C24H47NO2.BrH/c1-7-8-9-10-11-12-13-14-15-16-17-18-19-20-24(5,6)25-22(4)27-23(26)21(2)3;/h22,25H,2,7-20H2,1,3-6H3;1H. The van der Waals surface area contributed by atoms with Crippen molar-refractivity contribution in [2.24, 2.45) is 0 Å². The van der Waals surface area contributed by atoms with Crippen LogP contribution in [-0.4, -0.2) is 17.7 Å². The molecule has 0 aliphatic carbocycles. The Bertz CT molecular complexity index is 396. The number of nitrogens with one attached hydrogen (secondary N) is 1. The molecule has 0 radical (unpaired) electrons. The van der Waals surface area contributed by atoms with Crippen LogP contribution in [0.5, 0.6) is 0 Å². The van der Waals surface area contributed by atoms with Crippen LogP contribution < -0.4 is 5.32 Å². The number of unbranched alkanes of at least 4 members (excludes halogenated alkanes) is 12. The van der Waals surface area contributed by atoms with Gasteiger partial charge in [0.05, 0.1) is 0 Å². The van der Waals surface area contributed by atoms with Crippen LogP contribution in [0.1, 0.15) is 125 Å². The maximum absolute atomic E-state index is 11.6. The maximum Gasteiger partial charge on any atom is 0.334 e. The molecule has 0 saturated heterocycles. The minimum atomic E-state index is -0.327. The van der Waals surface area contributed by atoms with E-state index < -0.39 is 0 Å². The van der Waals surface area contributed by atoms with E-state index in [1.807, 2.05) is 6.92 Å². The highest BCUT2D eigenvalue weighted by Gasteiger charge is 2.21. The first-order valence-electron chi connectivity index (χ1n) is 11.4. The minimum Gasteiger partial charge on any atom is -0.444 e. The zero-order valence-corrected chi connectivity index (χ0v) is 21.1. The zero-order chi connectivity index (χ0) is 20.5. The fourth-order valence-corrected chi connectivity index (χ4v) is 3.50. The van der Waals surface area contributed by atoms with Gasteiger partial charge < -0.3 is 4.74 Å². The van der Waals surface area contributed by atoms with Gasteiger partial charge in [0, 0.05) is 11.1 Å². The molecule has 0 heterocycles. The fourth-order valence-electron chi connectivity index (χ4n) is 3.50. The lowest BCUT2D eigenvalue weighted by molar-refractivity contribution is -0.145. The van der Waals surface area contributed by atoms with Crippen LogP contribution >= 0.6 is 17.0 Å². The van der Waals surface area contributed by atoms with Gasteiger partial charge in [0.25, 0.3) is 0 Å². The predicted molar refractivity (Wildman–Crippen MR) is 128 cm³/mol. The molecule has 3 nitrogen and oxygen atoms in total. The van der Waals surface area contributed by atoms with Crippen molar-refractivity contribution in [3.05, 3.63) is 12.2 Å². The maximum atomic E-state index is 11.6. The van der Waals surface area contributed by atoms with Gasteiger partial charge >= 0.3 is 5.97 Å². The predicted octanol–water partition coefficient (Wildman–Crippen LogP) is 7.88. The Morgan fingerprint density at radius 3 is 1.68 bits per heavy atom. The molecule has 0 aromatic rings. The molecule has 0 fully saturated rings. The second-order valence-electron chi connectivity index (χ2n) is 8.85.